The van der Waals surface area contributed by atoms with E-state index in [0.717, 1.165) is 33.6 Å². The molecule has 2 aromatic heterocycles. The number of rotatable bonds is 6. The summed E-state index contributed by atoms with van der Waals surface area (Å²) in [4.78, 5) is 29.8. The van der Waals surface area contributed by atoms with Crippen molar-refractivity contribution in [3.05, 3.63) is 77.5 Å². The second-order valence-electron chi connectivity index (χ2n) is 8.05. The van der Waals surface area contributed by atoms with Crippen LogP contribution >= 0.6 is 0 Å². The summed E-state index contributed by atoms with van der Waals surface area (Å²) in [6.45, 7) is 5.63. The SMILES string of the molecule is CCC(=O)Nc1ccc(C(C)NC(=O)c2cc(-c3ccccc3)nc3c2c(C)nn3C)cc1. The molecule has 7 nitrogen and oxygen atoms in total. The van der Waals surface area contributed by atoms with Crippen LogP contribution in [0.4, 0.5) is 5.69 Å². The molecule has 2 aromatic carbocycles. The Balaban J connectivity index is 1.64. The number of benzene rings is 2. The Morgan fingerprint density at radius 1 is 1.06 bits per heavy atom. The number of anilines is 1. The fraction of sp³-hybridized carbons (Fsp3) is 0.231. The Labute approximate surface area is 192 Å². The second kappa shape index (κ2) is 9.24. The number of nitrogens with one attached hydrogen (secondary N) is 2. The molecule has 0 radical (unpaired) electrons. The van der Waals surface area contributed by atoms with Crippen LogP contribution in [0.15, 0.2) is 60.7 Å². The lowest BCUT2D eigenvalue weighted by Gasteiger charge is -2.16. The lowest BCUT2D eigenvalue weighted by molar-refractivity contribution is -0.115. The second-order valence-corrected chi connectivity index (χ2v) is 8.05. The third kappa shape index (κ3) is 4.62. The van der Waals surface area contributed by atoms with Gasteiger partial charge in [-0.15, -0.1) is 0 Å². The van der Waals surface area contributed by atoms with Crippen LogP contribution in [0, 0.1) is 6.92 Å². The summed E-state index contributed by atoms with van der Waals surface area (Å²) >= 11 is 0. The highest BCUT2D eigenvalue weighted by atomic mass is 16.2. The molecule has 2 heterocycles. The van der Waals surface area contributed by atoms with Crippen molar-refractivity contribution in [1.82, 2.24) is 20.1 Å². The molecule has 0 aliphatic rings. The van der Waals surface area contributed by atoms with Crippen molar-refractivity contribution in [3.63, 3.8) is 0 Å². The first kappa shape index (κ1) is 22.2. The van der Waals surface area contributed by atoms with Crippen LogP contribution in [-0.4, -0.2) is 26.6 Å². The van der Waals surface area contributed by atoms with Gasteiger partial charge in [0, 0.05) is 24.7 Å². The molecule has 2 N–H and O–H groups in total. The Bertz CT molecular complexity index is 1310. The molecule has 1 atom stereocenters. The number of hydrogen-bond acceptors (Lipinski definition) is 4. The number of aromatic nitrogens is 3. The predicted octanol–water partition coefficient (Wildman–Crippen LogP) is 4.78. The van der Waals surface area contributed by atoms with Gasteiger partial charge in [-0.25, -0.2) is 4.98 Å². The molecule has 4 aromatic rings. The zero-order chi connectivity index (χ0) is 23.5. The van der Waals surface area contributed by atoms with Gasteiger partial charge in [0.25, 0.3) is 5.91 Å². The van der Waals surface area contributed by atoms with Crippen LogP contribution in [0.5, 0.6) is 0 Å². The number of carbonyl (C=O) groups excluding carboxylic acids is 2. The van der Waals surface area contributed by atoms with Gasteiger partial charge in [0.05, 0.1) is 28.4 Å². The molecular weight excluding hydrogens is 414 g/mol. The van der Waals surface area contributed by atoms with Gasteiger partial charge in [-0.1, -0.05) is 49.4 Å². The van der Waals surface area contributed by atoms with Crippen LogP contribution in [0.3, 0.4) is 0 Å². The van der Waals surface area contributed by atoms with Gasteiger partial charge < -0.3 is 10.6 Å². The van der Waals surface area contributed by atoms with Gasteiger partial charge >= 0.3 is 0 Å². The summed E-state index contributed by atoms with van der Waals surface area (Å²) in [5.74, 6) is -0.224. The van der Waals surface area contributed by atoms with Crippen molar-refractivity contribution in [1.29, 1.82) is 0 Å². The lowest BCUT2D eigenvalue weighted by Crippen LogP contribution is -2.27. The van der Waals surface area contributed by atoms with Crippen molar-refractivity contribution < 1.29 is 9.59 Å². The van der Waals surface area contributed by atoms with Crippen LogP contribution in [0.1, 0.15) is 47.9 Å². The van der Waals surface area contributed by atoms with Crippen LogP contribution in [0.2, 0.25) is 0 Å². The molecule has 0 aliphatic carbocycles. The van der Waals surface area contributed by atoms with Crippen LogP contribution in [-0.2, 0) is 11.8 Å². The zero-order valence-electron chi connectivity index (χ0n) is 19.2. The molecule has 2 amide bonds. The monoisotopic (exact) mass is 441 g/mol. The molecule has 0 bridgehead atoms. The van der Waals surface area contributed by atoms with Crippen molar-refractivity contribution in [3.8, 4) is 11.3 Å². The van der Waals surface area contributed by atoms with E-state index in [-0.39, 0.29) is 17.9 Å². The number of amides is 2. The smallest absolute Gasteiger partial charge is 0.252 e. The normalized spacial score (nSPS) is 11.9. The maximum Gasteiger partial charge on any atom is 0.252 e. The molecule has 0 spiro atoms. The number of hydrogen-bond donors (Lipinski definition) is 2. The standard InChI is InChI=1S/C26H27N5O2/c1-5-23(32)28-20-13-11-18(12-14-20)16(2)27-26(33)21-15-22(19-9-7-6-8-10-19)29-25-24(21)17(3)30-31(25)4/h6-16H,5H2,1-4H3,(H,27,33)(H,28,32). The van der Waals surface area contributed by atoms with E-state index in [2.05, 4.69) is 15.7 Å². The topological polar surface area (TPSA) is 88.9 Å². The minimum Gasteiger partial charge on any atom is -0.345 e. The first-order valence-electron chi connectivity index (χ1n) is 11.0. The number of aryl methyl sites for hydroxylation is 2. The average Bonchev–Trinajstić information content (AvgIpc) is 3.12. The van der Waals surface area contributed by atoms with Crippen molar-refractivity contribution in [2.75, 3.05) is 5.32 Å². The number of nitrogens with zero attached hydrogens (tertiary/aromatic N) is 3. The van der Waals surface area contributed by atoms with E-state index in [4.69, 9.17) is 4.98 Å². The lowest BCUT2D eigenvalue weighted by atomic mass is 10.0. The van der Waals surface area contributed by atoms with Gasteiger partial charge in [-0.2, -0.15) is 5.10 Å². The largest absolute Gasteiger partial charge is 0.345 e. The molecular formula is C26H27N5O2. The first-order chi connectivity index (χ1) is 15.9. The van der Waals surface area contributed by atoms with E-state index in [0.29, 0.717) is 17.6 Å². The van der Waals surface area contributed by atoms with Crippen molar-refractivity contribution in [2.24, 2.45) is 7.05 Å². The highest BCUT2D eigenvalue weighted by Gasteiger charge is 2.21. The third-order valence-electron chi connectivity index (χ3n) is 5.65. The molecule has 0 fully saturated rings. The summed E-state index contributed by atoms with van der Waals surface area (Å²) in [5.41, 5.74) is 5.30. The van der Waals surface area contributed by atoms with Gasteiger partial charge in [-0.05, 0) is 37.6 Å². The Morgan fingerprint density at radius 2 is 1.76 bits per heavy atom. The minimum absolute atomic E-state index is 0.0353. The van der Waals surface area contributed by atoms with E-state index in [1.165, 1.54) is 0 Å². The quantitative estimate of drug-likeness (QED) is 0.451. The van der Waals surface area contributed by atoms with E-state index >= 15 is 0 Å². The van der Waals surface area contributed by atoms with Gasteiger partial charge in [0.1, 0.15) is 0 Å². The maximum absolute atomic E-state index is 13.4. The highest BCUT2D eigenvalue weighted by molar-refractivity contribution is 6.07. The molecule has 0 aliphatic heterocycles. The molecule has 1 unspecified atom stereocenters. The Kier molecular flexibility index (Phi) is 6.22. The van der Waals surface area contributed by atoms with Gasteiger partial charge in [0.2, 0.25) is 5.91 Å². The minimum atomic E-state index is -0.228. The summed E-state index contributed by atoms with van der Waals surface area (Å²) in [6.07, 6.45) is 0.424. The molecule has 33 heavy (non-hydrogen) atoms. The summed E-state index contributed by atoms with van der Waals surface area (Å²) in [5, 5.41) is 11.2. The molecule has 0 saturated carbocycles. The Morgan fingerprint density at radius 3 is 2.42 bits per heavy atom. The average molecular weight is 442 g/mol. The summed E-state index contributed by atoms with van der Waals surface area (Å²) in [6, 6.07) is 18.9. The maximum atomic E-state index is 13.4. The molecule has 7 heteroatoms. The third-order valence-corrected chi connectivity index (χ3v) is 5.65. The van der Waals surface area contributed by atoms with E-state index in [1.807, 2.05) is 88.5 Å². The Hall–Kier alpha value is -4.00. The van der Waals surface area contributed by atoms with Crippen molar-refractivity contribution in [2.45, 2.75) is 33.2 Å². The molecule has 168 valence electrons. The summed E-state index contributed by atoms with van der Waals surface area (Å²) < 4.78 is 1.71. The number of pyridine rings is 1. The molecule has 4 rings (SSSR count). The number of carbonyl (C=O) groups is 2. The van der Waals surface area contributed by atoms with Gasteiger partial charge in [-0.3, -0.25) is 14.3 Å². The fourth-order valence-electron chi connectivity index (χ4n) is 3.84. The highest BCUT2D eigenvalue weighted by Crippen LogP contribution is 2.27. The summed E-state index contributed by atoms with van der Waals surface area (Å²) in [7, 11) is 1.83. The van der Waals surface area contributed by atoms with E-state index < -0.39 is 0 Å². The zero-order valence-corrected chi connectivity index (χ0v) is 19.2. The van der Waals surface area contributed by atoms with E-state index in [1.54, 1.807) is 4.68 Å². The first-order valence-corrected chi connectivity index (χ1v) is 11.0. The van der Waals surface area contributed by atoms with Crippen LogP contribution in [0.25, 0.3) is 22.3 Å². The van der Waals surface area contributed by atoms with Crippen molar-refractivity contribution >= 4 is 28.5 Å². The number of fused-ring (bicyclic) bond motifs is 1. The van der Waals surface area contributed by atoms with Crippen LogP contribution < -0.4 is 10.6 Å². The van der Waals surface area contributed by atoms with E-state index in [9.17, 15) is 9.59 Å². The predicted molar refractivity (Wildman–Crippen MR) is 130 cm³/mol. The fourth-order valence-corrected chi connectivity index (χ4v) is 3.84. The molecule has 0 saturated heterocycles. The van der Waals surface area contributed by atoms with Gasteiger partial charge in [0.15, 0.2) is 5.65 Å².